The molecule has 0 radical (unpaired) electrons. The van der Waals surface area contributed by atoms with Crippen LogP contribution in [0.1, 0.15) is 19.5 Å². The Morgan fingerprint density at radius 2 is 2.05 bits per heavy atom. The first-order chi connectivity index (χ1) is 9.08. The lowest BCUT2D eigenvalue weighted by Gasteiger charge is -2.25. The maximum atomic E-state index is 10.5. The standard InChI is InChI=1S/C8H10N2O.C5H9NO2/c1-7(11)10-6-8-4-2-3-5-9-8;1-4(7)6-5-2-8-3-5/h2-5H,6H2,1H3,(H,10,11);5H,2-3H2,1H3,(H,6,7). The fraction of sp³-hybridized carbons (Fsp3) is 0.462. The van der Waals surface area contributed by atoms with Crippen molar-refractivity contribution in [1.82, 2.24) is 15.6 Å². The molecular formula is C13H19N3O3. The zero-order valence-electron chi connectivity index (χ0n) is 11.2. The van der Waals surface area contributed by atoms with Gasteiger partial charge in [0.25, 0.3) is 0 Å². The summed E-state index contributed by atoms with van der Waals surface area (Å²) in [4.78, 5) is 24.8. The van der Waals surface area contributed by atoms with Crippen LogP contribution in [0.3, 0.4) is 0 Å². The largest absolute Gasteiger partial charge is 0.377 e. The van der Waals surface area contributed by atoms with E-state index in [9.17, 15) is 9.59 Å². The molecule has 1 fully saturated rings. The van der Waals surface area contributed by atoms with Crippen molar-refractivity contribution in [3.05, 3.63) is 30.1 Å². The van der Waals surface area contributed by atoms with E-state index in [4.69, 9.17) is 4.74 Å². The van der Waals surface area contributed by atoms with Crippen LogP contribution >= 0.6 is 0 Å². The summed E-state index contributed by atoms with van der Waals surface area (Å²) in [5, 5.41) is 5.38. The smallest absolute Gasteiger partial charge is 0.217 e. The molecule has 1 aliphatic rings. The number of hydrogen-bond acceptors (Lipinski definition) is 4. The van der Waals surface area contributed by atoms with E-state index in [0.29, 0.717) is 19.8 Å². The van der Waals surface area contributed by atoms with Gasteiger partial charge in [0.2, 0.25) is 11.8 Å². The highest BCUT2D eigenvalue weighted by molar-refractivity contribution is 5.73. The molecule has 0 bridgehead atoms. The van der Waals surface area contributed by atoms with E-state index >= 15 is 0 Å². The van der Waals surface area contributed by atoms with Crippen LogP contribution in [-0.2, 0) is 20.9 Å². The zero-order chi connectivity index (χ0) is 14.1. The number of ether oxygens (including phenoxy) is 1. The van der Waals surface area contributed by atoms with Crippen LogP contribution in [0.2, 0.25) is 0 Å². The van der Waals surface area contributed by atoms with Crippen LogP contribution in [0.5, 0.6) is 0 Å². The van der Waals surface area contributed by atoms with Crippen molar-refractivity contribution in [3.8, 4) is 0 Å². The van der Waals surface area contributed by atoms with Gasteiger partial charge in [-0.05, 0) is 12.1 Å². The fourth-order valence-electron chi connectivity index (χ4n) is 1.32. The Morgan fingerprint density at radius 3 is 2.42 bits per heavy atom. The molecule has 0 aliphatic carbocycles. The van der Waals surface area contributed by atoms with E-state index in [0.717, 1.165) is 5.69 Å². The van der Waals surface area contributed by atoms with Crippen LogP contribution in [-0.4, -0.2) is 36.1 Å². The van der Waals surface area contributed by atoms with Gasteiger partial charge in [-0.3, -0.25) is 14.6 Å². The van der Waals surface area contributed by atoms with Gasteiger partial charge in [-0.2, -0.15) is 0 Å². The maximum Gasteiger partial charge on any atom is 0.217 e. The summed E-state index contributed by atoms with van der Waals surface area (Å²) in [6.45, 7) is 4.87. The molecule has 2 rings (SSSR count). The number of amides is 2. The minimum Gasteiger partial charge on any atom is -0.377 e. The molecule has 0 aromatic carbocycles. The molecule has 6 nitrogen and oxygen atoms in total. The van der Waals surface area contributed by atoms with E-state index in [1.165, 1.54) is 13.8 Å². The second kappa shape index (κ2) is 8.20. The quantitative estimate of drug-likeness (QED) is 0.820. The lowest BCUT2D eigenvalue weighted by Crippen LogP contribution is -2.47. The molecule has 0 spiro atoms. The third-order valence-corrected chi connectivity index (χ3v) is 2.29. The molecule has 1 saturated heterocycles. The third kappa shape index (κ3) is 7.15. The summed E-state index contributed by atoms with van der Waals surface area (Å²) in [5.74, 6) is -0.00560. The number of pyridine rings is 1. The first kappa shape index (κ1) is 15.1. The van der Waals surface area contributed by atoms with E-state index in [1.54, 1.807) is 6.20 Å². The number of aromatic nitrogens is 1. The van der Waals surface area contributed by atoms with Gasteiger partial charge in [0, 0.05) is 20.0 Å². The van der Waals surface area contributed by atoms with Crippen LogP contribution < -0.4 is 10.6 Å². The fourth-order valence-corrected chi connectivity index (χ4v) is 1.32. The normalized spacial score (nSPS) is 13.6. The van der Waals surface area contributed by atoms with Crippen molar-refractivity contribution in [2.45, 2.75) is 26.4 Å². The number of nitrogens with one attached hydrogen (secondary N) is 2. The minimum absolute atomic E-state index is 0.0262. The summed E-state index contributed by atoms with van der Waals surface area (Å²) in [7, 11) is 0. The van der Waals surface area contributed by atoms with Crippen LogP contribution in [0.15, 0.2) is 24.4 Å². The lowest BCUT2D eigenvalue weighted by atomic mass is 10.2. The van der Waals surface area contributed by atoms with Crippen LogP contribution in [0, 0.1) is 0 Å². The summed E-state index contributed by atoms with van der Waals surface area (Å²) in [6, 6.07) is 5.89. The Kier molecular flexibility index (Phi) is 6.52. The highest BCUT2D eigenvalue weighted by Crippen LogP contribution is 1.97. The predicted octanol–water partition coefficient (Wildman–Crippen LogP) is 0.239. The summed E-state index contributed by atoms with van der Waals surface area (Å²) in [6.07, 6.45) is 1.71. The SMILES string of the molecule is CC(=O)NC1COC1.CC(=O)NCc1ccccn1. The summed E-state index contributed by atoms with van der Waals surface area (Å²) in [5.41, 5.74) is 0.878. The van der Waals surface area contributed by atoms with Gasteiger partial charge in [0.15, 0.2) is 0 Å². The summed E-state index contributed by atoms with van der Waals surface area (Å²) < 4.78 is 4.82. The van der Waals surface area contributed by atoms with Gasteiger partial charge in [-0.1, -0.05) is 6.07 Å². The first-order valence-corrected chi connectivity index (χ1v) is 6.07. The van der Waals surface area contributed by atoms with Crippen LogP contribution in [0.4, 0.5) is 0 Å². The zero-order valence-corrected chi connectivity index (χ0v) is 11.2. The van der Waals surface area contributed by atoms with Crippen molar-refractivity contribution in [2.75, 3.05) is 13.2 Å². The van der Waals surface area contributed by atoms with Crippen LogP contribution in [0.25, 0.3) is 0 Å². The number of carbonyl (C=O) groups is 2. The molecule has 1 aromatic heterocycles. The Morgan fingerprint density at radius 1 is 1.32 bits per heavy atom. The van der Waals surface area contributed by atoms with Crippen molar-refractivity contribution >= 4 is 11.8 Å². The van der Waals surface area contributed by atoms with Crippen molar-refractivity contribution in [1.29, 1.82) is 0 Å². The topological polar surface area (TPSA) is 80.3 Å². The molecule has 2 heterocycles. The molecular weight excluding hydrogens is 246 g/mol. The van der Waals surface area contributed by atoms with Gasteiger partial charge in [-0.25, -0.2) is 0 Å². The molecule has 0 saturated carbocycles. The van der Waals surface area contributed by atoms with Gasteiger partial charge in [0.05, 0.1) is 31.5 Å². The van der Waals surface area contributed by atoms with Gasteiger partial charge >= 0.3 is 0 Å². The molecule has 0 unspecified atom stereocenters. The molecule has 6 heteroatoms. The average Bonchev–Trinajstić information content (AvgIpc) is 2.33. The molecule has 19 heavy (non-hydrogen) atoms. The highest BCUT2D eigenvalue weighted by Gasteiger charge is 2.17. The minimum atomic E-state index is -0.0318. The average molecular weight is 265 g/mol. The van der Waals surface area contributed by atoms with Crippen molar-refractivity contribution < 1.29 is 14.3 Å². The number of carbonyl (C=O) groups excluding carboxylic acids is 2. The third-order valence-electron chi connectivity index (χ3n) is 2.29. The molecule has 0 atom stereocenters. The van der Waals surface area contributed by atoms with Crippen molar-refractivity contribution in [3.63, 3.8) is 0 Å². The molecule has 1 aliphatic heterocycles. The van der Waals surface area contributed by atoms with E-state index in [-0.39, 0.29) is 17.9 Å². The predicted molar refractivity (Wildman–Crippen MR) is 70.2 cm³/mol. The monoisotopic (exact) mass is 265 g/mol. The van der Waals surface area contributed by atoms with E-state index in [2.05, 4.69) is 15.6 Å². The Hall–Kier alpha value is -1.95. The highest BCUT2D eigenvalue weighted by atomic mass is 16.5. The maximum absolute atomic E-state index is 10.5. The first-order valence-electron chi connectivity index (χ1n) is 6.07. The Labute approximate surface area is 112 Å². The Balaban J connectivity index is 0.000000200. The van der Waals surface area contributed by atoms with Gasteiger partial charge < -0.3 is 15.4 Å². The van der Waals surface area contributed by atoms with E-state index in [1.807, 2.05) is 18.2 Å². The molecule has 104 valence electrons. The van der Waals surface area contributed by atoms with Gasteiger partial charge in [0.1, 0.15) is 0 Å². The van der Waals surface area contributed by atoms with E-state index < -0.39 is 0 Å². The number of nitrogens with zero attached hydrogens (tertiary/aromatic N) is 1. The second-order valence-corrected chi connectivity index (χ2v) is 4.17. The molecule has 2 N–H and O–H groups in total. The van der Waals surface area contributed by atoms with Gasteiger partial charge in [-0.15, -0.1) is 0 Å². The lowest BCUT2D eigenvalue weighted by molar-refractivity contribution is -0.123. The Bertz CT molecular complexity index is 405. The number of hydrogen-bond donors (Lipinski definition) is 2. The summed E-state index contributed by atoms with van der Waals surface area (Å²) >= 11 is 0. The molecule has 2 amide bonds. The second-order valence-electron chi connectivity index (χ2n) is 4.17. The number of rotatable bonds is 3. The molecule has 1 aromatic rings. The van der Waals surface area contributed by atoms with Crippen molar-refractivity contribution in [2.24, 2.45) is 0 Å².